The summed E-state index contributed by atoms with van der Waals surface area (Å²) in [6, 6.07) is 3.73. The van der Waals surface area contributed by atoms with E-state index in [0.717, 1.165) is 22.7 Å². The highest BCUT2D eigenvalue weighted by Gasteiger charge is 2.20. The van der Waals surface area contributed by atoms with Crippen molar-refractivity contribution in [1.29, 1.82) is 0 Å². The third-order valence-corrected chi connectivity index (χ3v) is 5.63. The topological polar surface area (TPSA) is 107 Å². The molecule has 0 aliphatic carbocycles. The van der Waals surface area contributed by atoms with Crippen LogP contribution in [-0.4, -0.2) is 46.0 Å². The minimum absolute atomic E-state index is 0.0212. The largest absolute Gasteiger partial charge is 0.469 e. The molecule has 28 heavy (non-hydrogen) atoms. The van der Waals surface area contributed by atoms with Crippen LogP contribution < -0.4 is 0 Å². The zero-order valence-electron chi connectivity index (χ0n) is 15.9. The fraction of sp³-hybridized carbons (Fsp3) is 0.278. The van der Waals surface area contributed by atoms with E-state index in [0.29, 0.717) is 22.5 Å². The monoisotopic (exact) mass is 397 g/mol. The fourth-order valence-electron chi connectivity index (χ4n) is 3.18. The number of carbonyl (C=O) groups is 1. The van der Waals surface area contributed by atoms with Gasteiger partial charge in [0, 0.05) is 24.0 Å². The zero-order valence-corrected chi connectivity index (χ0v) is 16.7. The summed E-state index contributed by atoms with van der Waals surface area (Å²) in [5, 5.41) is 15.8. The Kier molecular flexibility index (Phi) is 4.63. The maximum Gasteiger partial charge on any atom is 0.229 e. The Balaban J connectivity index is 1.53. The van der Waals surface area contributed by atoms with Gasteiger partial charge in [0.1, 0.15) is 12.1 Å². The standard InChI is InChI=1S/C18H19N7O2S/c1-10-7-14(11(2)25(10)17-19-9-20-22-17)15(26)8-28-18-23-21-16(24(18)4)13-5-6-27-12(13)3/h5-7,9H,8H2,1-4H3,(H,19,20,22). The van der Waals surface area contributed by atoms with Crippen LogP contribution in [0.1, 0.15) is 27.5 Å². The molecule has 0 saturated heterocycles. The first kappa shape index (κ1) is 18.2. The molecule has 0 bridgehead atoms. The number of rotatable bonds is 6. The Labute approximate surface area is 165 Å². The van der Waals surface area contributed by atoms with E-state index in [4.69, 9.17) is 4.42 Å². The number of furan rings is 1. The van der Waals surface area contributed by atoms with Gasteiger partial charge in [-0.3, -0.25) is 9.36 Å². The van der Waals surface area contributed by atoms with Crippen LogP contribution >= 0.6 is 11.8 Å². The van der Waals surface area contributed by atoms with Gasteiger partial charge in [-0.2, -0.15) is 10.1 Å². The lowest BCUT2D eigenvalue weighted by atomic mass is 10.2. The zero-order chi connectivity index (χ0) is 19.8. The predicted molar refractivity (Wildman–Crippen MR) is 104 cm³/mol. The molecule has 4 aromatic heterocycles. The smallest absolute Gasteiger partial charge is 0.229 e. The van der Waals surface area contributed by atoms with Crippen molar-refractivity contribution >= 4 is 17.5 Å². The number of ketones is 1. The van der Waals surface area contributed by atoms with Crippen molar-refractivity contribution in [1.82, 2.24) is 34.5 Å². The molecule has 0 unspecified atom stereocenters. The molecule has 0 aromatic carbocycles. The molecule has 0 radical (unpaired) electrons. The van der Waals surface area contributed by atoms with Crippen molar-refractivity contribution in [2.45, 2.75) is 25.9 Å². The second kappa shape index (κ2) is 7.12. The van der Waals surface area contributed by atoms with Gasteiger partial charge in [0.2, 0.25) is 5.95 Å². The van der Waals surface area contributed by atoms with Crippen LogP contribution in [0.25, 0.3) is 17.3 Å². The highest BCUT2D eigenvalue weighted by atomic mass is 32.2. The van der Waals surface area contributed by atoms with E-state index in [1.54, 1.807) is 6.26 Å². The Hall–Kier alpha value is -3.14. The minimum Gasteiger partial charge on any atom is -0.469 e. The van der Waals surface area contributed by atoms with Crippen molar-refractivity contribution in [3.8, 4) is 17.3 Å². The molecule has 0 amide bonds. The molecule has 4 aromatic rings. The lowest BCUT2D eigenvalue weighted by molar-refractivity contribution is 0.102. The number of aromatic amines is 1. The normalized spacial score (nSPS) is 11.3. The van der Waals surface area contributed by atoms with E-state index < -0.39 is 0 Å². The van der Waals surface area contributed by atoms with Gasteiger partial charge < -0.3 is 8.98 Å². The number of nitrogens with one attached hydrogen (secondary N) is 1. The first-order valence-electron chi connectivity index (χ1n) is 8.62. The number of aryl methyl sites for hydroxylation is 2. The molecule has 144 valence electrons. The summed E-state index contributed by atoms with van der Waals surface area (Å²) in [6.07, 6.45) is 3.07. The average Bonchev–Trinajstić information content (AvgIpc) is 3.43. The SMILES string of the molecule is Cc1occc1-c1nnc(SCC(=O)c2cc(C)n(-c3ncn[nH]3)c2C)n1C. The number of carbonyl (C=O) groups excluding carboxylic acids is 1. The van der Waals surface area contributed by atoms with Gasteiger partial charge in [0.05, 0.1) is 17.6 Å². The molecule has 10 heteroatoms. The van der Waals surface area contributed by atoms with Crippen molar-refractivity contribution < 1.29 is 9.21 Å². The van der Waals surface area contributed by atoms with Gasteiger partial charge in [-0.15, -0.1) is 10.2 Å². The number of nitrogens with zero attached hydrogens (tertiary/aromatic N) is 6. The number of Topliss-reactive ketones (excluding diaryl/α,β-unsaturated/α-hetero) is 1. The quantitative estimate of drug-likeness (QED) is 0.394. The van der Waals surface area contributed by atoms with Crippen molar-refractivity contribution in [2.75, 3.05) is 5.75 Å². The lowest BCUT2D eigenvalue weighted by Gasteiger charge is -2.05. The van der Waals surface area contributed by atoms with E-state index in [9.17, 15) is 4.79 Å². The average molecular weight is 397 g/mol. The van der Waals surface area contributed by atoms with E-state index in [1.807, 2.05) is 49.1 Å². The molecule has 0 saturated carbocycles. The van der Waals surface area contributed by atoms with E-state index >= 15 is 0 Å². The molecule has 0 aliphatic heterocycles. The van der Waals surface area contributed by atoms with Crippen LogP contribution in [0.3, 0.4) is 0 Å². The predicted octanol–water partition coefficient (Wildman–Crippen LogP) is 2.88. The Morgan fingerprint density at radius 2 is 2.11 bits per heavy atom. The Morgan fingerprint density at radius 3 is 2.79 bits per heavy atom. The Morgan fingerprint density at radius 1 is 1.29 bits per heavy atom. The van der Waals surface area contributed by atoms with Crippen LogP contribution in [0, 0.1) is 20.8 Å². The summed E-state index contributed by atoms with van der Waals surface area (Å²) in [6.45, 7) is 5.71. The molecular weight excluding hydrogens is 378 g/mol. The second-order valence-corrected chi connectivity index (χ2v) is 7.34. The van der Waals surface area contributed by atoms with Crippen molar-refractivity contribution in [3.63, 3.8) is 0 Å². The highest BCUT2D eigenvalue weighted by Crippen LogP contribution is 2.27. The van der Waals surface area contributed by atoms with Crippen LogP contribution in [0.5, 0.6) is 0 Å². The van der Waals surface area contributed by atoms with Crippen LogP contribution in [-0.2, 0) is 7.05 Å². The highest BCUT2D eigenvalue weighted by molar-refractivity contribution is 7.99. The second-order valence-electron chi connectivity index (χ2n) is 6.40. The summed E-state index contributed by atoms with van der Waals surface area (Å²) in [5.41, 5.74) is 3.30. The first-order valence-corrected chi connectivity index (χ1v) is 9.60. The van der Waals surface area contributed by atoms with Crippen LogP contribution in [0.2, 0.25) is 0 Å². The maximum atomic E-state index is 12.8. The molecule has 9 nitrogen and oxygen atoms in total. The summed E-state index contributed by atoms with van der Waals surface area (Å²) in [7, 11) is 1.88. The number of thioether (sulfide) groups is 1. The number of hydrogen-bond acceptors (Lipinski definition) is 7. The summed E-state index contributed by atoms with van der Waals surface area (Å²) in [4.78, 5) is 17.0. The number of hydrogen-bond donors (Lipinski definition) is 1. The van der Waals surface area contributed by atoms with Crippen molar-refractivity contribution in [2.24, 2.45) is 7.05 Å². The van der Waals surface area contributed by atoms with Gasteiger partial charge in [0.25, 0.3) is 0 Å². The lowest BCUT2D eigenvalue weighted by Crippen LogP contribution is -2.07. The van der Waals surface area contributed by atoms with Crippen molar-refractivity contribution in [3.05, 3.63) is 47.4 Å². The number of H-pyrrole nitrogens is 1. The summed E-state index contributed by atoms with van der Waals surface area (Å²) >= 11 is 1.36. The van der Waals surface area contributed by atoms with Gasteiger partial charge >= 0.3 is 0 Å². The first-order chi connectivity index (χ1) is 13.5. The maximum absolute atomic E-state index is 12.8. The van der Waals surface area contributed by atoms with E-state index in [1.165, 1.54) is 18.1 Å². The molecule has 0 aliphatic rings. The molecule has 4 heterocycles. The Bertz CT molecular complexity index is 1140. The van der Waals surface area contributed by atoms with Crippen LogP contribution in [0.4, 0.5) is 0 Å². The molecule has 0 spiro atoms. The molecular formula is C18H19N7O2S. The molecule has 1 N–H and O–H groups in total. The molecule has 4 rings (SSSR count). The van der Waals surface area contributed by atoms with Gasteiger partial charge in [-0.25, -0.2) is 5.10 Å². The molecule has 0 atom stereocenters. The molecule has 0 fully saturated rings. The number of aromatic nitrogens is 7. The summed E-state index contributed by atoms with van der Waals surface area (Å²) in [5.74, 6) is 2.37. The third kappa shape index (κ3) is 3.05. The minimum atomic E-state index is 0.0212. The van der Waals surface area contributed by atoms with E-state index in [-0.39, 0.29) is 11.5 Å². The van der Waals surface area contributed by atoms with Crippen LogP contribution in [0.15, 0.2) is 34.3 Å². The third-order valence-electron chi connectivity index (χ3n) is 4.61. The summed E-state index contributed by atoms with van der Waals surface area (Å²) < 4.78 is 9.09. The van der Waals surface area contributed by atoms with Gasteiger partial charge in [0.15, 0.2) is 16.8 Å². The van der Waals surface area contributed by atoms with Gasteiger partial charge in [-0.1, -0.05) is 11.8 Å². The fourth-order valence-corrected chi connectivity index (χ4v) is 3.97. The van der Waals surface area contributed by atoms with Gasteiger partial charge in [-0.05, 0) is 32.9 Å². The van der Waals surface area contributed by atoms with E-state index in [2.05, 4.69) is 25.4 Å².